The van der Waals surface area contributed by atoms with Crippen LogP contribution >= 0.6 is 0 Å². The van der Waals surface area contributed by atoms with Gasteiger partial charge in [-0.3, -0.25) is 10.1 Å². The molecule has 1 atom stereocenters. The van der Waals surface area contributed by atoms with Crippen molar-refractivity contribution in [1.29, 1.82) is 0 Å². The fourth-order valence-corrected chi connectivity index (χ4v) is 3.60. The van der Waals surface area contributed by atoms with Gasteiger partial charge in [-0.2, -0.15) is 10.1 Å². The molecule has 0 amide bonds. The molecule has 0 saturated heterocycles. The van der Waals surface area contributed by atoms with Gasteiger partial charge in [-0.05, 0) is 18.9 Å². The van der Waals surface area contributed by atoms with Crippen LogP contribution in [0.15, 0.2) is 41.9 Å². The molecule has 1 aliphatic rings. The standard InChI is InChI=1S/C21H27N5O4/c1-3-4-5-6-7-8-12-30-20(27)18-15(2)24-21-22-14-23-25(21)19(18)16-10-9-11-17(13-16)26(28)29/h9-11,13-14,19H,3-8,12H2,1-2H3,(H,22,23,24). The Morgan fingerprint density at radius 3 is 2.80 bits per heavy atom. The Hall–Kier alpha value is -3.23. The van der Waals surface area contributed by atoms with Crippen LogP contribution in [0.5, 0.6) is 0 Å². The van der Waals surface area contributed by atoms with Crippen LogP contribution in [-0.4, -0.2) is 32.3 Å². The zero-order valence-electron chi connectivity index (χ0n) is 17.3. The summed E-state index contributed by atoms with van der Waals surface area (Å²) in [5, 5.41) is 18.5. The van der Waals surface area contributed by atoms with E-state index in [1.165, 1.54) is 37.7 Å². The van der Waals surface area contributed by atoms with Gasteiger partial charge in [0.15, 0.2) is 0 Å². The van der Waals surface area contributed by atoms with Crippen LogP contribution in [0, 0.1) is 10.1 Å². The number of fused-ring (bicyclic) bond motifs is 1. The SMILES string of the molecule is CCCCCCCCOC(=O)C1=C(C)Nc2ncnn2C1c1cccc([N+](=O)[O-])c1. The number of benzene rings is 1. The van der Waals surface area contributed by atoms with Gasteiger partial charge in [-0.15, -0.1) is 0 Å². The monoisotopic (exact) mass is 413 g/mol. The number of nitro benzene ring substituents is 1. The number of hydrogen-bond donors (Lipinski definition) is 1. The molecule has 160 valence electrons. The van der Waals surface area contributed by atoms with E-state index in [9.17, 15) is 14.9 Å². The van der Waals surface area contributed by atoms with Crippen molar-refractivity contribution >= 4 is 17.6 Å². The molecule has 1 aromatic heterocycles. The van der Waals surface area contributed by atoms with Gasteiger partial charge in [-0.1, -0.05) is 51.2 Å². The summed E-state index contributed by atoms with van der Waals surface area (Å²) in [7, 11) is 0. The lowest BCUT2D eigenvalue weighted by Gasteiger charge is -2.28. The molecule has 1 unspecified atom stereocenters. The van der Waals surface area contributed by atoms with Gasteiger partial charge in [0.25, 0.3) is 5.69 Å². The average molecular weight is 413 g/mol. The molecule has 30 heavy (non-hydrogen) atoms. The lowest BCUT2D eigenvalue weighted by atomic mass is 9.95. The van der Waals surface area contributed by atoms with Gasteiger partial charge in [0.05, 0.1) is 17.1 Å². The number of nitro groups is 1. The number of carbonyl (C=O) groups is 1. The van der Waals surface area contributed by atoms with E-state index in [4.69, 9.17) is 4.74 Å². The fourth-order valence-electron chi connectivity index (χ4n) is 3.60. The van der Waals surface area contributed by atoms with Crippen molar-refractivity contribution in [1.82, 2.24) is 14.8 Å². The molecule has 0 fully saturated rings. The molecular weight excluding hydrogens is 386 g/mol. The van der Waals surface area contributed by atoms with Crippen LogP contribution < -0.4 is 5.32 Å². The van der Waals surface area contributed by atoms with Crippen molar-refractivity contribution in [2.24, 2.45) is 0 Å². The number of nitrogens with one attached hydrogen (secondary N) is 1. The molecular formula is C21H27N5O4. The number of aromatic nitrogens is 3. The second-order valence-electron chi connectivity index (χ2n) is 7.35. The van der Waals surface area contributed by atoms with Crippen molar-refractivity contribution in [2.45, 2.75) is 58.4 Å². The Bertz CT molecular complexity index is 937. The van der Waals surface area contributed by atoms with Gasteiger partial charge < -0.3 is 10.1 Å². The summed E-state index contributed by atoms with van der Waals surface area (Å²) in [6, 6.07) is 5.56. The summed E-state index contributed by atoms with van der Waals surface area (Å²) < 4.78 is 7.10. The molecule has 0 bridgehead atoms. The Kier molecular flexibility index (Phi) is 7.16. The second kappa shape index (κ2) is 10.00. The Labute approximate surface area is 175 Å². The van der Waals surface area contributed by atoms with E-state index >= 15 is 0 Å². The maximum absolute atomic E-state index is 13.0. The van der Waals surface area contributed by atoms with Crippen molar-refractivity contribution in [3.8, 4) is 0 Å². The maximum Gasteiger partial charge on any atom is 0.338 e. The van der Waals surface area contributed by atoms with E-state index in [-0.39, 0.29) is 5.69 Å². The van der Waals surface area contributed by atoms with Crippen LogP contribution in [0.4, 0.5) is 11.6 Å². The highest BCUT2D eigenvalue weighted by Crippen LogP contribution is 2.36. The number of esters is 1. The smallest absolute Gasteiger partial charge is 0.338 e. The Balaban J connectivity index is 1.78. The number of rotatable bonds is 10. The normalized spacial score (nSPS) is 15.5. The lowest BCUT2D eigenvalue weighted by Crippen LogP contribution is -2.29. The number of non-ortho nitro benzene ring substituents is 1. The molecule has 1 N–H and O–H groups in total. The molecule has 0 spiro atoms. The summed E-state index contributed by atoms with van der Waals surface area (Å²) in [4.78, 5) is 27.9. The predicted molar refractivity (Wildman–Crippen MR) is 112 cm³/mol. The molecule has 9 nitrogen and oxygen atoms in total. The van der Waals surface area contributed by atoms with Gasteiger partial charge in [0, 0.05) is 17.8 Å². The minimum Gasteiger partial charge on any atom is -0.462 e. The zero-order valence-corrected chi connectivity index (χ0v) is 17.3. The first-order chi connectivity index (χ1) is 14.5. The van der Waals surface area contributed by atoms with E-state index < -0.39 is 16.9 Å². The predicted octanol–water partition coefficient (Wildman–Crippen LogP) is 4.38. The highest BCUT2D eigenvalue weighted by molar-refractivity contribution is 5.92. The summed E-state index contributed by atoms with van der Waals surface area (Å²) in [6.07, 6.45) is 7.96. The third kappa shape index (κ3) is 4.84. The Morgan fingerprint density at radius 1 is 1.27 bits per heavy atom. The molecule has 2 aromatic rings. The molecule has 9 heteroatoms. The molecule has 2 heterocycles. The molecule has 1 aliphatic heterocycles. The van der Waals surface area contributed by atoms with E-state index in [1.807, 2.05) is 0 Å². The number of carbonyl (C=O) groups excluding carboxylic acids is 1. The van der Waals surface area contributed by atoms with Crippen molar-refractivity contribution in [3.05, 3.63) is 57.5 Å². The van der Waals surface area contributed by atoms with E-state index in [2.05, 4.69) is 22.3 Å². The summed E-state index contributed by atoms with van der Waals surface area (Å²) in [5.41, 5.74) is 1.49. The van der Waals surface area contributed by atoms with E-state index in [0.717, 1.165) is 19.3 Å². The number of unbranched alkanes of at least 4 members (excludes halogenated alkanes) is 5. The minimum atomic E-state index is -0.652. The number of nitrogens with zero attached hydrogens (tertiary/aromatic N) is 4. The van der Waals surface area contributed by atoms with Crippen molar-refractivity contribution < 1.29 is 14.5 Å². The molecule has 0 radical (unpaired) electrons. The zero-order chi connectivity index (χ0) is 21.5. The fraction of sp³-hybridized carbons (Fsp3) is 0.476. The largest absolute Gasteiger partial charge is 0.462 e. The molecule has 1 aromatic carbocycles. The van der Waals surface area contributed by atoms with E-state index in [1.54, 1.807) is 23.7 Å². The molecule has 0 saturated carbocycles. The first-order valence-corrected chi connectivity index (χ1v) is 10.3. The van der Waals surface area contributed by atoms with Gasteiger partial charge in [-0.25, -0.2) is 9.48 Å². The third-order valence-electron chi connectivity index (χ3n) is 5.14. The first-order valence-electron chi connectivity index (χ1n) is 10.3. The van der Waals surface area contributed by atoms with Gasteiger partial charge in [0.1, 0.15) is 12.4 Å². The van der Waals surface area contributed by atoms with Crippen LogP contribution in [0.2, 0.25) is 0 Å². The van der Waals surface area contributed by atoms with Crippen LogP contribution in [0.1, 0.15) is 64.0 Å². The number of ether oxygens (including phenoxy) is 1. The second-order valence-corrected chi connectivity index (χ2v) is 7.35. The Morgan fingerprint density at radius 2 is 2.03 bits per heavy atom. The maximum atomic E-state index is 13.0. The third-order valence-corrected chi connectivity index (χ3v) is 5.14. The molecule has 3 rings (SSSR count). The topological polar surface area (TPSA) is 112 Å². The summed E-state index contributed by atoms with van der Waals surface area (Å²) in [5.74, 6) is 0.0164. The highest BCUT2D eigenvalue weighted by atomic mass is 16.6. The number of hydrogen-bond acceptors (Lipinski definition) is 7. The lowest BCUT2D eigenvalue weighted by molar-refractivity contribution is -0.384. The van der Waals surface area contributed by atoms with Crippen molar-refractivity contribution in [2.75, 3.05) is 11.9 Å². The van der Waals surface area contributed by atoms with Crippen LogP contribution in [-0.2, 0) is 9.53 Å². The molecule has 0 aliphatic carbocycles. The van der Waals surface area contributed by atoms with E-state index in [0.29, 0.717) is 29.4 Å². The van der Waals surface area contributed by atoms with Gasteiger partial charge in [0.2, 0.25) is 5.95 Å². The minimum absolute atomic E-state index is 0.0508. The van der Waals surface area contributed by atoms with Crippen molar-refractivity contribution in [3.63, 3.8) is 0 Å². The van der Waals surface area contributed by atoms with Gasteiger partial charge >= 0.3 is 5.97 Å². The number of anilines is 1. The van der Waals surface area contributed by atoms with Crippen LogP contribution in [0.3, 0.4) is 0 Å². The highest BCUT2D eigenvalue weighted by Gasteiger charge is 2.34. The average Bonchev–Trinajstić information content (AvgIpc) is 3.20. The summed E-state index contributed by atoms with van der Waals surface area (Å²) >= 11 is 0. The van der Waals surface area contributed by atoms with Crippen LogP contribution in [0.25, 0.3) is 0 Å². The summed E-state index contributed by atoms with van der Waals surface area (Å²) in [6.45, 7) is 4.28. The number of allylic oxidation sites excluding steroid dienone is 1. The first kappa shape index (κ1) is 21.5. The quantitative estimate of drug-likeness (QED) is 0.266.